The van der Waals surface area contributed by atoms with Crippen LogP contribution in [0.2, 0.25) is 0 Å². The summed E-state index contributed by atoms with van der Waals surface area (Å²) in [5.74, 6) is -2.88. The number of rotatable bonds is 1. The summed E-state index contributed by atoms with van der Waals surface area (Å²) in [5, 5.41) is 0.704. The summed E-state index contributed by atoms with van der Waals surface area (Å²) in [6.07, 6.45) is 2.66. The molecule has 0 aromatic carbocycles. The van der Waals surface area contributed by atoms with E-state index < -0.39 is 5.92 Å². The molecule has 0 spiro atoms. The number of carbonyl (C=O) groups excluding carboxylic acids is 1. The summed E-state index contributed by atoms with van der Waals surface area (Å²) in [5.41, 5.74) is 1.27. The second-order valence-electron chi connectivity index (χ2n) is 4.90. The fourth-order valence-electron chi connectivity index (χ4n) is 2.38. The molecule has 0 atom stereocenters. The molecule has 106 valence electrons. The Bertz CT molecular complexity index is 661. The minimum atomic E-state index is -2.65. The van der Waals surface area contributed by atoms with Gasteiger partial charge in [0.15, 0.2) is 0 Å². The number of amides is 1. The predicted octanol–water partition coefficient (Wildman–Crippen LogP) is 3.20. The Labute approximate surface area is 122 Å². The molecule has 20 heavy (non-hydrogen) atoms. The molecule has 1 amide bonds. The number of H-pyrrole nitrogens is 1. The number of pyridine rings is 1. The molecule has 0 aliphatic carbocycles. The molecule has 1 aliphatic heterocycles. The number of hydrogen-bond acceptors (Lipinski definition) is 2. The average Bonchev–Trinajstić information content (AvgIpc) is 2.80. The highest BCUT2D eigenvalue weighted by atomic mass is 79.9. The van der Waals surface area contributed by atoms with Gasteiger partial charge in [-0.05, 0) is 22.0 Å². The minimum Gasteiger partial charge on any atom is -0.360 e. The number of piperidine rings is 1. The van der Waals surface area contributed by atoms with Crippen molar-refractivity contribution in [2.75, 3.05) is 13.1 Å². The molecule has 1 N–H and O–H groups in total. The number of likely N-dealkylation sites (tertiary alicyclic amines) is 1. The number of halogens is 3. The number of aromatic amines is 1. The van der Waals surface area contributed by atoms with Crippen molar-refractivity contribution in [2.24, 2.45) is 0 Å². The number of fused-ring (bicyclic) bond motifs is 1. The van der Waals surface area contributed by atoms with Crippen molar-refractivity contribution in [3.05, 3.63) is 28.6 Å². The van der Waals surface area contributed by atoms with Crippen LogP contribution < -0.4 is 0 Å². The van der Waals surface area contributed by atoms with Crippen LogP contribution in [0.4, 0.5) is 8.78 Å². The molecule has 2 aromatic rings. The standard InChI is InChI=1S/C13H12BrF2N3O/c14-11-5-10-8(6-18-11)9(7-17-10)12(20)19-3-1-13(15,16)2-4-19/h5-7,17H,1-4H2. The van der Waals surface area contributed by atoms with Gasteiger partial charge in [0.25, 0.3) is 11.8 Å². The highest BCUT2D eigenvalue weighted by Gasteiger charge is 2.36. The molecule has 0 bridgehead atoms. The van der Waals surface area contributed by atoms with E-state index >= 15 is 0 Å². The molecular formula is C13H12BrF2N3O. The van der Waals surface area contributed by atoms with Gasteiger partial charge in [0.2, 0.25) is 0 Å². The quantitative estimate of drug-likeness (QED) is 0.808. The van der Waals surface area contributed by atoms with Crippen LogP contribution >= 0.6 is 15.9 Å². The van der Waals surface area contributed by atoms with Crippen LogP contribution in [0, 0.1) is 0 Å². The zero-order valence-electron chi connectivity index (χ0n) is 10.5. The van der Waals surface area contributed by atoms with Crippen LogP contribution in [-0.2, 0) is 0 Å². The van der Waals surface area contributed by atoms with E-state index in [1.807, 2.05) is 0 Å². The lowest BCUT2D eigenvalue weighted by Gasteiger charge is -2.31. The summed E-state index contributed by atoms with van der Waals surface area (Å²) in [4.78, 5) is 21.0. The lowest BCUT2D eigenvalue weighted by Crippen LogP contribution is -2.42. The third-order valence-corrected chi connectivity index (χ3v) is 3.98. The van der Waals surface area contributed by atoms with E-state index in [4.69, 9.17) is 0 Å². The Morgan fingerprint density at radius 2 is 2.10 bits per heavy atom. The first-order chi connectivity index (χ1) is 9.46. The van der Waals surface area contributed by atoms with Gasteiger partial charge in [0.05, 0.1) is 11.1 Å². The van der Waals surface area contributed by atoms with Crippen LogP contribution in [0.5, 0.6) is 0 Å². The second-order valence-corrected chi connectivity index (χ2v) is 5.72. The number of aromatic nitrogens is 2. The molecule has 1 aliphatic rings. The van der Waals surface area contributed by atoms with Crippen molar-refractivity contribution in [1.82, 2.24) is 14.9 Å². The molecule has 1 fully saturated rings. The van der Waals surface area contributed by atoms with Gasteiger partial charge in [0, 0.05) is 43.7 Å². The van der Waals surface area contributed by atoms with Crippen LogP contribution in [0.3, 0.4) is 0 Å². The summed E-state index contributed by atoms with van der Waals surface area (Å²) >= 11 is 3.26. The van der Waals surface area contributed by atoms with Crippen molar-refractivity contribution < 1.29 is 13.6 Å². The molecule has 3 rings (SSSR count). The number of nitrogens with one attached hydrogen (secondary N) is 1. The van der Waals surface area contributed by atoms with E-state index in [1.54, 1.807) is 18.5 Å². The maximum Gasteiger partial charge on any atom is 0.256 e. The average molecular weight is 344 g/mol. The maximum atomic E-state index is 13.1. The third kappa shape index (κ3) is 2.42. The first-order valence-corrected chi connectivity index (χ1v) is 7.05. The van der Waals surface area contributed by atoms with Gasteiger partial charge in [-0.25, -0.2) is 13.8 Å². The second kappa shape index (κ2) is 4.80. The molecule has 0 radical (unpaired) electrons. The Morgan fingerprint density at radius 1 is 1.40 bits per heavy atom. The van der Waals surface area contributed by atoms with E-state index in [2.05, 4.69) is 25.9 Å². The van der Waals surface area contributed by atoms with Crippen molar-refractivity contribution in [3.8, 4) is 0 Å². The van der Waals surface area contributed by atoms with E-state index in [9.17, 15) is 13.6 Å². The zero-order chi connectivity index (χ0) is 14.3. The zero-order valence-corrected chi connectivity index (χ0v) is 12.1. The topological polar surface area (TPSA) is 49.0 Å². The monoisotopic (exact) mass is 343 g/mol. The number of carbonyl (C=O) groups is 1. The van der Waals surface area contributed by atoms with E-state index in [-0.39, 0.29) is 31.8 Å². The SMILES string of the molecule is O=C(c1c[nH]c2cc(Br)ncc12)N1CCC(F)(F)CC1. The first kappa shape index (κ1) is 13.5. The highest BCUT2D eigenvalue weighted by molar-refractivity contribution is 9.10. The van der Waals surface area contributed by atoms with Gasteiger partial charge in [-0.2, -0.15) is 0 Å². The minimum absolute atomic E-state index is 0.0858. The molecule has 0 saturated carbocycles. The normalized spacial score (nSPS) is 18.4. The summed E-state index contributed by atoms with van der Waals surface area (Å²) in [6.45, 7) is 0.172. The molecule has 4 nitrogen and oxygen atoms in total. The Balaban J connectivity index is 1.86. The van der Waals surface area contributed by atoms with Gasteiger partial charge in [-0.15, -0.1) is 0 Å². The van der Waals surface area contributed by atoms with Crippen molar-refractivity contribution >= 4 is 32.7 Å². The van der Waals surface area contributed by atoms with Gasteiger partial charge >= 0.3 is 0 Å². The molecular weight excluding hydrogens is 332 g/mol. The van der Waals surface area contributed by atoms with Crippen LogP contribution in [0.25, 0.3) is 10.9 Å². The number of nitrogens with zero attached hydrogens (tertiary/aromatic N) is 2. The van der Waals surface area contributed by atoms with Crippen LogP contribution in [0.1, 0.15) is 23.2 Å². The lowest BCUT2D eigenvalue weighted by atomic mass is 10.1. The van der Waals surface area contributed by atoms with E-state index in [1.165, 1.54) is 4.90 Å². The van der Waals surface area contributed by atoms with Crippen molar-refractivity contribution in [1.29, 1.82) is 0 Å². The van der Waals surface area contributed by atoms with E-state index in [0.717, 1.165) is 5.52 Å². The smallest absolute Gasteiger partial charge is 0.256 e. The largest absolute Gasteiger partial charge is 0.360 e. The van der Waals surface area contributed by atoms with Crippen LogP contribution in [-0.4, -0.2) is 39.8 Å². The van der Waals surface area contributed by atoms with Crippen LogP contribution in [0.15, 0.2) is 23.1 Å². The fourth-order valence-corrected chi connectivity index (χ4v) is 2.71. The number of hydrogen-bond donors (Lipinski definition) is 1. The fraction of sp³-hybridized carbons (Fsp3) is 0.385. The number of alkyl halides is 2. The van der Waals surface area contributed by atoms with Gasteiger partial charge in [-0.1, -0.05) is 0 Å². The van der Waals surface area contributed by atoms with Crippen molar-refractivity contribution in [3.63, 3.8) is 0 Å². The van der Waals surface area contributed by atoms with Gasteiger partial charge in [0.1, 0.15) is 4.60 Å². The molecule has 0 unspecified atom stereocenters. The summed E-state index contributed by atoms with van der Waals surface area (Å²) < 4.78 is 26.9. The molecule has 7 heteroatoms. The van der Waals surface area contributed by atoms with Gasteiger partial charge in [-0.3, -0.25) is 4.79 Å². The predicted molar refractivity (Wildman–Crippen MR) is 73.9 cm³/mol. The van der Waals surface area contributed by atoms with E-state index in [0.29, 0.717) is 15.6 Å². The van der Waals surface area contributed by atoms with Gasteiger partial charge < -0.3 is 9.88 Å². The Kier molecular flexibility index (Phi) is 3.24. The molecule has 2 aromatic heterocycles. The molecule has 3 heterocycles. The summed E-state index contributed by atoms with van der Waals surface area (Å²) in [7, 11) is 0. The Morgan fingerprint density at radius 3 is 2.80 bits per heavy atom. The lowest BCUT2D eigenvalue weighted by molar-refractivity contribution is -0.0493. The molecule has 1 saturated heterocycles. The maximum absolute atomic E-state index is 13.1. The first-order valence-electron chi connectivity index (χ1n) is 6.26. The van der Waals surface area contributed by atoms with Crippen molar-refractivity contribution in [2.45, 2.75) is 18.8 Å². The summed E-state index contributed by atoms with van der Waals surface area (Å²) in [6, 6.07) is 1.77. The third-order valence-electron chi connectivity index (χ3n) is 3.55. The highest BCUT2D eigenvalue weighted by Crippen LogP contribution is 2.29. The Hall–Kier alpha value is -1.50.